The Labute approximate surface area is 185 Å². The molecule has 0 aliphatic heterocycles. The Morgan fingerprint density at radius 1 is 1.03 bits per heavy atom. The first kappa shape index (κ1) is 22.9. The van der Waals surface area contributed by atoms with Crippen molar-refractivity contribution in [2.24, 2.45) is 0 Å². The summed E-state index contributed by atoms with van der Waals surface area (Å²) in [6, 6.07) is 9.04. The van der Waals surface area contributed by atoms with Crippen LogP contribution in [-0.4, -0.2) is 32.1 Å². The molecule has 0 atom stereocenters. The van der Waals surface area contributed by atoms with E-state index in [-0.39, 0.29) is 17.1 Å². The minimum atomic E-state index is -0.478. The highest BCUT2D eigenvalue weighted by Crippen LogP contribution is 2.36. The molecule has 0 radical (unpaired) electrons. The fourth-order valence-electron chi connectivity index (χ4n) is 3.85. The number of hydrogen-bond acceptors (Lipinski definition) is 5. The Hall–Kier alpha value is -1.82. The zero-order valence-corrected chi connectivity index (χ0v) is 20.0. The Morgan fingerprint density at radius 2 is 1.67 bits per heavy atom. The van der Waals surface area contributed by atoms with Gasteiger partial charge in [0.15, 0.2) is 11.0 Å². The first-order valence-corrected chi connectivity index (χ1v) is 11.9. The van der Waals surface area contributed by atoms with Crippen LogP contribution < -0.4 is 0 Å². The zero-order chi connectivity index (χ0) is 21.9. The van der Waals surface area contributed by atoms with Crippen molar-refractivity contribution in [1.29, 1.82) is 0 Å². The number of aromatic nitrogens is 3. The fourth-order valence-corrected chi connectivity index (χ4v) is 4.63. The molecule has 6 heteroatoms. The van der Waals surface area contributed by atoms with Crippen LogP contribution in [-0.2, 0) is 14.9 Å². The van der Waals surface area contributed by atoms with Crippen LogP contribution >= 0.6 is 11.8 Å². The molecule has 0 spiro atoms. The normalized spacial score (nSPS) is 15.9. The summed E-state index contributed by atoms with van der Waals surface area (Å²) in [5, 5.41) is 9.83. The highest BCUT2D eigenvalue weighted by molar-refractivity contribution is 7.99. The molecule has 30 heavy (non-hydrogen) atoms. The number of nitrogens with zero attached hydrogens (tertiary/aromatic N) is 3. The summed E-state index contributed by atoms with van der Waals surface area (Å²) in [4.78, 5) is 12.2. The van der Waals surface area contributed by atoms with E-state index in [2.05, 4.69) is 59.8 Å². The third-order valence-electron chi connectivity index (χ3n) is 5.35. The van der Waals surface area contributed by atoms with Crippen LogP contribution in [0.25, 0.3) is 11.4 Å². The molecule has 1 aromatic carbocycles. The first-order valence-electron chi connectivity index (χ1n) is 10.9. The van der Waals surface area contributed by atoms with E-state index >= 15 is 0 Å². The molecule has 0 bridgehead atoms. The lowest BCUT2D eigenvalue weighted by molar-refractivity contribution is -0.151. The second kappa shape index (κ2) is 9.13. The molecule has 0 saturated heterocycles. The topological polar surface area (TPSA) is 57.0 Å². The van der Waals surface area contributed by atoms with E-state index in [1.807, 2.05) is 20.8 Å². The average molecular weight is 430 g/mol. The first-order chi connectivity index (χ1) is 14.0. The van der Waals surface area contributed by atoms with Gasteiger partial charge in [-0.2, -0.15) is 0 Å². The second-order valence-electron chi connectivity index (χ2n) is 10.2. The number of benzene rings is 1. The standard InChI is InChI=1S/C24H35N3O2S/c1-23(2,3)18-14-12-17(13-15-18)21-25-26-22(27(21)19-10-8-7-9-11-19)30-16-20(28)29-24(4,5)6/h12-15,19H,7-11,16H2,1-6H3. The van der Waals surface area contributed by atoms with Crippen LogP contribution in [0.2, 0.25) is 0 Å². The lowest BCUT2D eigenvalue weighted by Gasteiger charge is -2.26. The van der Waals surface area contributed by atoms with Gasteiger partial charge in [-0.25, -0.2) is 0 Å². The van der Waals surface area contributed by atoms with Crippen molar-refractivity contribution in [1.82, 2.24) is 14.8 Å². The Bertz CT molecular complexity index is 854. The molecular formula is C24H35N3O2S. The molecule has 1 aliphatic rings. The predicted octanol–water partition coefficient (Wildman–Crippen LogP) is 6.18. The van der Waals surface area contributed by atoms with Gasteiger partial charge in [-0.05, 0) is 44.6 Å². The summed E-state index contributed by atoms with van der Waals surface area (Å²) < 4.78 is 7.73. The van der Waals surface area contributed by atoms with Gasteiger partial charge in [-0.1, -0.05) is 76.1 Å². The number of carbonyl (C=O) groups excluding carboxylic acids is 1. The summed E-state index contributed by atoms with van der Waals surface area (Å²) in [6.45, 7) is 12.3. The van der Waals surface area contributed by atoms with E-state index in [1.165, 1.54) is 36.6 Å². The molecule has 1 fully saturated rings. The second-order valence-corrected chi connectivity index (χ2v) is 11.1. The lowest BCUT2D eigenvalue weighted by Crippen LogP contribution is -2.25. The van der Waals surface area contributed by atoms with Crippen LogP contribution in [0.1, 0.15) is 85.3 Å². The number of ether oxygens (including phenoxy) is 1. The van der Waals surface area contributed by atoms with Crippen LogP contribution in [0.3, 0.4) is 0 Å². The van der Waals surface area contributed by atoms with Crippen LogP contribution in [0.5, 0.6) is 0 Å². The van der Waals surface area contributed by atoms with Gasteiger partial charge in [-0.3, -0.25) is 9.36 Å². The van der Waals surface area contributed by atoms with Gasteiger partial charge < -0.3 is 4.74 Å². The smallest absolute Gasteiger partial charge is 0.316 e. The summed E-state index contributed by atoms with van der Waals surface area (Å²) >= 11 is 1.43. The molecular weight excluding hydrogens is 394 g/mol. The highest BCUT2D eigenvalue weighted by Gasteiger charge is 2.25. The molecule has 5 nitrogen and oxygen atoms in total. The van der Waals surface area contributed by atoms with Crippen molar-refractivity contribution in [3.8, 4) is 11.4 Å². The largest absolute Gasteiger partial charge is 0.459 e. The SMILES string of the molecule is CC(C)(C)OC(=O)CSc1nnc(-c2ccc(C(C)(C)C)cc2)n1C1CCCCC1. The Balaban J connectivity index is 1.87. The van der Waals surface area contributed by atoms with Gasteiger partial charge in [0.25, 0.3) is 0 Å². The van der Waals surface area contributed by atoms with Crippen molar-refractivity contribution in [2.75, 3.05) is 5.75 Å². The van der Waals surface area contributed by atoms with E-state index in [1.54, 1.807) is 0 Å². The highest BCUT2D eigenvalue weighted by atomic mass is 32.2. The van der Waals surface area contributed by atoms with Gasteiger partial charge in [0.05, 0.1) is 5.75 Å². The van der Waals surface area contributed by atoms with Gasteiger partial charge in [0.1, 0.15) is 5.60 Å². The molecule has 164 valence electrons. The van der Waals surface area contributed by atoms with Crippen molar-refractivity contribution in [3.63, 3.8) is 0 Å². The molecule has 1 heterocycles. The van der Waals surface area contributed by atoms with Crippen molar-refractivity contribution in [3.05, 3.63) is 29.8 Å². The summed E-state index contributed by atoms with van der Waals surface area (Å²) in [6.07, 6.45) is 5.99. The Kier molecular flexibility index (Phi) is 6.95. The third-order valence-corrected chi connectivity index (χ3v) is 6.27. The fraction of sp³-hybridized carbons (Fsp3) is 0.625. The van der Waals surface area contributed by atoms with Crippen molar-refractivity contribution < 1.29 is 9.53 Å². The zero-order valence-electron chi connectivity index (χ0n) is 19.2. The maximum Gasteiger partial charge on any atom is 0.316 e. The molecule has 0 unspecified atom stereocenters. The van der Waals surface area contributed by atoms with E-state index in [4.69, 9.17) is 4.74 Å². The van der Waals surface area contributed by atoms with Gasteiger partial charge >= 0.3 is 5.97 Å². The number of thioether (sulfide) groups is 1. The molecule has 0 amide bonds. The van der Waals surface area contributed by atoms with Crippen molar-refractivity contribution in [2.45, 2.75) is 95.9 Å². The van der Waals surface area contributed by atoms with E-state index in [0.29, 0.717) is 6.04 Å². The molecule has 1 saturated carbocycles. The van der Waals surface area contributed by atoms with Crippen LogP contribution in [0, 0.1) is 0 Å². The maximum absolute atomic E-state index is 12.2. The molecule has 1 aromatic heterocycles. The lowest BCUT2D eigenvalue weighted by atomic mass is 9.86. The minimum Gasteiger partial charge on any atom is -0.459 e. The number of carbonyl (C=O) groups is 1. The molecule has 3 rings (SSSR count). The van der Waals surface area contributed by atoms with E-state index < -0.39 is 5.60 Å². The van der Waals surface area contributed by atoms with Gasteiger partial charge in [0, 0.05) is 11.6 Å². The Morgan fingerprint density at radius 3 is 2.23 bits per heavy atom. The maximum atomic E-state index is 12.2. The summed E-state index contributed by atoms with van der Waals surface area (Å²) in [5.74, 6) is 0.918. The average Bonchev–Trinajstić information content (AvgIpc) is 3.09. The van der Waals surface area contributed by atoms with Crippen molar-refractivity contribution >= 4 is 17.7 Å². The minimum absolute atomic E-state index is 0.115. The van der Waals surface area contributed by atoms with Crippen LogP contribution in [0.15, 0.2) is 29.4 Å². The monoisotopic (exact) mass is 429 g/mol. The van der Waals surface area contributed by atoms with E-state index in [0.717, 1.165) is 29.4 Å². The quantitative estimate of drug-likeness (QED) is 0.419. The van der Waals surface area contributed by atoms with Gasteiger partial charge in [-0.15, -0.1) is 10.2 Å². The van der Waals surface area contributed by atoms with E-state index in [9.17, 15) is 4.79 Å². The summed E-state index contributed by atoms with van der Waals surface area (Å²) in [5.41, 5.74) is 2.01. The molecule has 0 N–H and O–H groups in total. The van der Waals surface area contributed by atoms with Crippen LogP contribution in [0.4, 0.5) is 0 Å². The molecule has 2 aromatic rings. The van der Waals surface area contributed by atoms with Gasteiger partial charge in [0.2, 0.25) is 0 Å². The number of rotatable bonds is 5. The predicted molar refractivity (Wildman–Crippen MR) is 123 cm³/mol. The number of hydrogen-bond donors (Lipinski definition) is 0. The third kappa shape index (κ3) is 5.87. The summed E-state index contributed by atoms with van der Waals surface area (Å²) in [7, 11) is 0. The molecule has 1 aliphatic carbocycles. The number of esters is 1.